The first-order valence-corrected chi connectivity index (χ1v) is 4.70. The van der Waals surface area contributed by atoms with Crippen molar-refractivity contribution in [2.75, 3.05) is 7.11 Å². The van der Waals surface area contributed by atoms with Crippen molar-refractivity contribution >= 4 is 17.6 Å². The monoisotopic (exact) mass is 212 g/mol. The number of benzene rings is 1. The number of carbonyl (C=O) groups is 1. The summed E-state index contributed by atoms with van der Waals surface area (Å²) in [5.41, 5.74) is 0.271. The maximum Gasteiger partial charge on any atom is 0.315 e. The average Bonchev–Trinajstić information content (AvgIpc) is 2.17. The summed E-state index contributed by atoms with van der Waals surface area (Å²) in [5, 5.41) is 0.661. The Morgan fingerprint density at radius 1 is 1.29 bits per heavy atom. The van der Waals surface area contributed by atoms with Gasteiger partial charge in [0.25, 0.3) is 0 Å². The van der Waals surface area contributed by atoms with Crippen molar-refractivity contribution < 1.29 is 9.53 Å². The smallest absolute Gasteiger partial charge is 0.315 e. The van der Waals surface area contributed by atoms with E-state index in [9.17, 15) is 4.79 Å². The largest absolute Gasteiger partial charge is 0.468 e. The molecule has 76 valence electrons. The zero-order valence-corrected chi connectivity index (χ0v) is 9.26. The Morgan fingerprint density at radius 3 is 2.21 bits per heavy atom. The second-order valence-electron chi connectivity index (χ2n) is 3.62. The molecule has 2 nitrogen and oxygen atoms in total. The lowest BCUT2D eigenvalue weighted by Gasteiger charge is -2.21. The van der Waals surface area contributed by atoms with Crippen molar-refractivity contribution in [2.24, 2.45) is 0 Å². The summed E-state index contributed by atoms with van der Waals surface area (Å²) in [4.78, 5) is 11.5. The van der Waals surface area contributed by atoms with Crippen LogP contribution in [0.15, 0.2) is 24.3 Å². The lowest BCUT2D eigenvalue weighted by atomic mass is 9.85. The third kappa shape index (κ3) is 2.07. The van der Waals surface area contributed by atoms with Crippen molar-refractivity contribution in [3.8, 4) is 0 Å². The standard InChI is InChI=1S/C11H13ClO2/c1-11(2,10(13)14-3)8-4-6-9(12)7-5-8/h4-7H,1-3H3. The Hall–Kier alpha value is -1.02. The van der Waals surface area contributed by atoms with Gasteiger partial charge in [0, 0.05) is 5.02 Å². The molecule has 0 aliphatic rings. The molecule has 1 aromatic carbocycles. The second-order valence-corrected chi connectivity index (χ2v) is 4.06. The van der Waals surface area contributed by atoms with Gasteiger partial charge in [-0.3, -0.25) is 4.79 Å². The van der Waals surface area contributed by atoms with Gasteiger partial charge in [-0.2, -0.15) is 0 Å². The molecule has 0 N–H and O–H groups in total. The predicted octanol–water partition coefficient (Wildman–Crippen LogP) is 2.79. The summed E-state index contributed by atoms with van der Waals surface area (Å²) in [7, 11) is 1.39. The first-order chi connectivity index (χ1) is 6.48. The molecule has 3 heteroatoms. The molecular formula is C11H13ClO2. The molecule has 1 rings (SSSR count). The van der Waals surface area contributed by atoms with Crippen LogP contribution in [-0.4, -0.2) is 13.1 Å². The van der Waals surface area contributed by atoms with Crippen molar-refractivity contribution in [1.29, 1.82) is 0 Å². The average molecular weight is 213 g/mol. The fourth-order valence-corrected chi connectivity index (χ4v) is 1.37. The van der Waals surface area contributed by atoms with Gasteiger partial charge in [-0.1, -0.05) is 23.7 Å². The summed E-state index contributed by atoms with van der Waals surface area (Å²) in [6.07, 6.45) is 0. The van der Waals surface area contributed by atoms with Crippen molar-refractivity contribution in [1.82, 2.24) is 0 Å². The summed E-state index contributed by atoms with van der Waals surface area (Å²) in [6.45, 7) is 3.64. The molecule has 0 heterocycles. The van der Waals surface area contributed by atoms with Crippen LogP contribution in [0.1, 0.15) is 19.4 Å². The highest BCUT2D eigenvalue weighted by Crippen LogP contribution is 2.25. The minimum Gasteiger partial charge on any atom is -0.468 e. The minimum absolute atomic E-state index is 0.250. The highest BCUT2D eigenvalue weighted by Gasteiger charge is 2.30. The molecule has 0 amide bonds. The van der Waals surface area contributed by atoms with Crippen LogP contribution in [0.2, 0.25) is 5.02 Å². The van der Waals surface area contributed by atoms with Gasteiger partial charge in [0.1, 0.15) is 0 Å². The SMILES string of the molecule is COC(=O)C(C)(C)c1ccc(Cl)cc1. The summed E-state index contributed by atoms with van der Waals surface area (Å²) >= 11 is 5.76. The molecule has 0 spiro atoms. The van der Waals surface area contributed by atoms with Crippen molar-refractivity contribution in [3.05, 3.63) is 34.9 Å². The molecule has 0 fully saturated rings. The molecule has 0 radical (unpaired) electrons. The summed E-state index contributed by atoms with van der Waals surface area (Å²) in [5.74, 6) is -0.250. The zero-order valence-electron chi connectivity index (χ0n) is 8.50. The number of hydrogen-bond acceptors (Lipinski definition) is 2. The van der Waals surface area contributed by atoms with Gasteiger partial charge in [0.05, 0.1) is 12.5 Å². The molecule has 0 aliphatic carbocycles. The van der Waals surface area contributed by atoms with E-state index in [4.69, 9.17) is 16.3 Å². The fourth-order valence-electron chi connectivity index (χ4n) is 1.24. The van der Waals surface area contributed by atoms with Gasteiger partial charge in [0.2, 0.25) is 0 Å². The van der Waals surface area contributed by atoms with E-state index in [1.165, 1.54) is 7.11 Å². The number of carbonyl (C=O) groups excluding carboxylic acids is 1. The fraction of sp³-hybridized carbons (Fsp3) is 0.364. The van der Waals surface area contributed by atoms with Gasteiger partial charge in [-0.15, -0.1) is 0 Å². The Kier molecular flexibility index (Phi) is 3.17. The van der Waals surface area contributed by atoms with E-state index in [-0.39, 0.29) is 5.97 Å². The molecular weight excluding hydrogens is 200 g/mol. The normalized spacial score (nSPS) is 11.1. The van der Waals surface area contributed by atoms with Gasteiger partial charge in [-0.05, 0) is 31.5 Å². The van der Waals surface area contributed by atoms with E-state index in [0.29, 0.717) is 5.02 Å². The number of rotatable bonds is 2. The van der Waals surface area contributed by atoms with E-state index >= 15 is 0 Å². The molecule has 1 aromatic rings. The molecule has 0 aliphatic heterocycles. The molecule has 0 atom stereocenters. The van der Waals surface area contributed by atoms with Crippen LogP contribution in [0.3, 0.4) is 0 Å². The maximum atomic E-state index is 11.5. The predicted molar refractivity (Wildman–Crippen MR) is 56.5 cm³/mol. The number of esters is 1. The van der Waals surface area contributed by atoms with Crippen LogP contribution in [0.4, 0.5) is 0 Å². The van der Waals surface area contributed by atoms with Gasteiger partial charge in [-0.25, -0.2) is 0 Å². The number of ether oxygens (including phenoxy) is 1. The van der Waals surface area contributed by atoms with E-state index in [0.717, 1.165) is 5.56 Å². The summed E-state index contributed by atoms with van der Waals surface area (Å²) in [6, 6.07) is 7.20. The van der Waals surface area contributed by atoms with Gasteiger partial charge in [0.15, 0.2) is 0 Å². The molecule has 0 unspecified atom stereocenters. The van der Waals surface area contributed by atoms with Gasteiger partial charge >= 0.3 is 5.97 Å². The maximum absolute atomic E-state index is 11.5. The topological polar surface area (TPSA) is 26.3 Å². The Balaban J connectivity index is 3.03. The molecule has 0 saturated carbocycles. The van der Waals surface area contributed by atoms with Crippen LogP contribution < -0.4 is 0 Å². The zero-order chi connectivity index (χ0) is 10.8. The number of hydrogen-bond donors (Lipinski definition) is 0. The van der Waals surface area contributed by atoms with E-state index in [2.05, 4.69) is 0 Å². The molecule has 0 aromatic heterocycles. The Labute approximate surface area is 88.8 Å². The highest BCUT2D eigenvalue weighted by molar-refractivity contribution is 6.30. The van der Waals surface area contributed by atoms with E-state index in [1.807, 2.05) is 26.0 Å². The minimum atomic E-state index is -0.626. The van der Waals surface area contributed by atoms with Crippen LogP contribution in [-0.2, 0) is 14.9 Å². The highest BCUT2D eigenvalue weighted by atomic mass is 35.5. The van der Waals surface area contributed by atoms with E-state index < -0.39 is 5.41 Å². The Morgan fingerprint density at radius 2 is 1.79 bits per heavy atom. The molecule has 0 bridgehead atoms. The number of halogens is 1. The quantitative estimate of drug-likeness (QED) is 0.705. The molecule has 0 saturated heterocycles. The van der Waals surface area contributed by atoms with E-state index in [1.54, 1.807) is 12.1 Å². The Bertz CT molecular complexity index is 328. The van der Waals surface area contributed by atoms with Crippen LogP contribution in [0.5, 0.6) is 0 Å². The first kappa shape index (κ1) is 11.1. The van der Waals surface area contributed by atoms with Crippen molar-refractivity contribution in [3.63, 3.8) is 0 Å². The third-order valence-corrected chi connectivity index (χ3v) is 2.51. The lowest BCUT2D eigenvalue weighted by Crippen LogP contribution is -2.30. The third-order valence-electron chi connectivity index (χ3n) is 2.26. The number of methoxy groups -OCH3 is 1. The van der Waals surface area contributed by atoms with Gasteiger partial charge < -0.3 is 4.74 Å². The van der Waals surface area contributed by atoms with Crippen LogP contribution >= 0.6 is 11.6 Å². The van der Waals surface area contributed by atoms with Crippen LogP contribution in [0.25, 0.3) is 0 Å². The lowest BCUT2D eigenvalue weighted by molar-refractivity contribution is -0.146. The van der Waals surface area contributed by atoms with Crippen LogP contribution in [0, 0.1) is 0 Å². The summed E-state index contributed by atoms with van der Waals surface area (Å²) < 4.78 is 4.73. The van der Waals surface area contributed by atoms with Crippen molar-refractivity contribution in [2.45, 2.75) is 19.3 Å². The second kappa shape index (κ2) is 4.01. The first-order valence-electron chi connectivity index (χ1n) is 4.33. The molecule has 14 heavy (non-hydrogen) atoms.